The van der Waals surface area contributed by atoms with Gasteiger partial charge in [0.2, 0.25) is 0 Å². The molecule has 1 amide bonds. The Morgan fingerprint density at radius 3 is 2.72 bits per heavy atom. The summed E-state index contributed by atoms with van der Waals surface area (Å²) in [6.07, 6.45) is -4.43. The summed E-state index contributed by atoms with van der Waals surface area (Å²) in [6, 6.07) is 4.86. The molecule has 0 saturated heterocycles. The molecule has 7 heteroatoms. The molecule has 1 aromatic rings. The Labute approximate surface area is 102 Å². The topological polar surface area (TPSA) is 64.3 Å². The van der Waals surface area contributed by atoms with Crippen molar-refractivity contribution in [3.05, 3.63) is 23.8 Å². The van der Waals surface area contributed by atoms with Crippen LogP contribution in [0.1, 0.15) is 5.56 Å². The summed E-state index contributed by atoms with van der Waals surface area (Å²) in [5.41, 5.74) is 6.71. The average molecular weight is 262 g/mol. The molecule has 3 N–H and O–H groups in total. The van der Waals surface area contributed by atoms with Crippen LogP contribution in [0.5, 0.6) is 5.75 Å². The van der Waals surface area contributed by atoms with Gasteiger partial charge in [-0.1, -0.05) is 6.07 Å². The minimum absolute atomic E-state index is 0.372. The first-order valence-electron chi connectivity index (χ1n) is 5.10. The van der Waals surface area contributed by atoms with Gasteiger partial charge in [-0.15, -0.1) is 0 Å². The molecule has 0 aliphatic heterocycles. The molecule has 0 aromatic heterocycles. The molecule has 18 heavy (non-hydrogen) atoms. The Kier molecular flexibility index (Phi) is 4.41. The van der Waals surface area contributed by atoms with E-state index in [4.69, 9.17) is 10.5 Å². The second-order valence-corrected chi connectivity index (χ2v) is 3.71. The van der Waals surface area contributed by atoms with Gasteiger partial charge in [0, 0.05) is 11.8 Å². The minimum Gasteiger partial charge on any atom is -0.483 e. The van der Waals surface area contributed by atoms with Gasteiger partial charge in [0.1, 0.15) is 12.3 Å². The van der Waals surface area contributed by atoms with Gasteiger partial charge in [-0.25, -0.2) is 0 Å². The number of halogens is 3. The third-order valence-corrected chi connectivity index (χ3v) is 2.06. The molecule has 0 spiro atoms. The smallest absolute Gasteiger partial charge is 0.405 e. The van der Waals surface area contributed by atoms with Gasteiger partial charge < -0.3 is 15.8 Å². The monoisotopic (exact) mass is 262 g/mol. The van der Waals surface area contributed by atoms with E-state index in [0.29, 0.717) is 11.4 Å². The fourth-order valence-corrected chi connectivity index (χ4v) is 1.17. The zero-order valence-electron chi connectivity index (χ0n) is 9.67. The van der Waals surface area contributed by atoms with E-state index in [1.807, 2.05) is 0 Å². The first-order chi connectivity index (χ1) is 8.28. The maximum absolute atomic E-state index is 11.8. The van der Waals surface area contributed by atoms with Crippen LogP contribution < -0.4 is 15.8 Å². The first-order valence-corrected chi connectivity index (χ1v) is 5.10. The molecule has 0 saturated carbocycles. The summed E-state index contributed by atoms with van der Waals surface area (Å²) >= 11 is 0. The Balaban J connectivity index is 2.45. The summed E-state index contributed by atoms with van der Waals surface area (Å²) < 4.78 is 40.6. The fraction of sp³-hybridized carbons (Fsp3) is 0.364. The van der Waals surface area contributed by atoms with Crippen molar-refractivity contribution in [2.45, 2.75) is 13.1 Å². The highest BCUT2D eigenvalue weighted by Crippen LogP contribution is 2.20. The van der Waals surface area contributed by atoms with Crippen LogP contribution in [0.3, 0.4) is 0 Å². The van der Waals surface area contributed by atoms with Gasteiger partial charge in [-0.05, 0) is 18.6 Å². The molecule has 100 valence electrons. The average Bonchev–Trinajstić information content (AvgIpc) is 2.26. The lowest BCUT2D eigenvalue weighted by Gasteiger charge is -2.11. The van der Waals surface area contributed by atoms with E-state index in [1.54, 1.807) is 24.4 Å². The second-order valence-electron chi connectivity index (χ2n) is 3.71. The number of alkyl halides is 3. The number of nitrogen functional groups attached to an aromatic ring is 1. The number of hydrogen-bond acceptors (Lipinski definition) is 3. The van der Waals surface area contributed by atoms with Gasteiger partial charge >= 0.3 is 6.18 Å². The quantitative estimate of drug-likeness (QED) is 0.811. The van der Waals surface area contributed by atoms with E-state index in [1.165, 1.54) is 6.07 Å². The van der Waals surface area contributed by atoms with Crippen LogP contribution >= 0.6 is 0 Å². The summed E-state index contributed by atoms with van der Waals surface area (Å²) in [6.45, 7) is -0.117. The number of aryl methyl sites for hydroxylation is 1. The van der Waals surface area contributed by atoms with E-state index in [-0.39, 0.29) is 0 Å². The number of nitrogens with two attached hydrogens (primary N) is 1. The molecule has 1 rings (SSSR count). The molecule has 1 aromatic carbocycles. The summed E-state index contributed by atoms with van der Waals surface area (Å²) in [5, 5.41) is 1.71. The van der Waals surface area contributed by atoms with Crippen LogP contribution in [-0.4, -0.2) is 25.2 Å². The molecular formula is C11H13F3N2O2. The maximum Gasteiger partial charge on any atom is 0.405 e. The van der Waals surface area contributed by atoms with Crippen molar-refractivity contribution in [2.75, 3.05) is 18.9 Å². The molecule has 4 nitrogen and oxygen atoms in total. The summed E-state index contributed by atoms with van der Waals surface area (Å²) in [4.78, 5) is 11.1. The normalized spacial score (nSPS) is 11.1. The standard InChI is InChI=1S/C11H13F3N2O2/c1-7-2-3-8(15)4-9(7)18-5-10(17)16-6-11(12,13)14/h2-4H,5-6,15H2,1H3,(H,16,17). The highest BCUT2D eigenvalue weighted by molar-refractivity contribution is 5.77. The number of ether oxygens (including phenoxy) is 1. The number of amides is 1. The highest BCUT2D eigenvalue weighted by Gasteiger charge is 2.27. The van der Waals surface area contributed by atoms with E-state index in [0.717, 1.165) is 5.56 Å². The van der Waals surface area contributed by atoms with Crippen molar-refractivity contribution < 1.29 is 22.7 Å². The lowest BCUT2D eigenvalue weighted by atomic mass is 10.2. The largest absolute Gasteiger partial charge is 0.483 e. The molecule has 0 fully saturated rings. The van der Waals surface area contributed by atoms with Crippen molar-refractivity contribution in [1.29, 1.82) is 0 Å². The predicted molar refractivity (Wildman–Crippen MR) is 60.2 cm³/mol. The number of nitrogens with one attached hydrogen (secondary N) is 1. The number of benzene rings is 1. The number of hydrogen-bond donors (Lipinski definition) is 2. The van der Waals surface area contributed by atoms with Gasteiger partial charge in [0.15, 0.2) is 6.61 Å². The maximum atomic E-state index is 11.8. The van der Waals surface area contributed by atoms with E-state index in [2.05, 4.69) is 0 Å². The van der Waals surface area contributed by atoms with Gasteiger partial charge in [-0.3, -0.25) is 4.79 Å². The number of carbonyl (C=O) groups is 1. The van der Waals surface area contributed by atoms with E-state index < -0.39 is 25.2 Å². The Morgan fingerprint density at radius 2 is 2.11 bits per heavy atom. The van der Waals surface area contributed by atoms with Crippen molar-refractivity contribution >= 4 is 11.6 Å². The van der Waals surface area contributed by atoms with Crippen LogP contribution in [0.25, 0.3) is 0 Å². The zero-order valence-corrected chi connectivity index (χ0v) is 9.67. The lowest BCUT2D eigenvalue weighted by Crippen LogP contribution is -2.36. The van der Waals surface area contributed by atoms with Crippen LogP contribution in [0.4, 0.5) is 18.9 Å². The van der Waals surface area contributed by atoms with Gasteiger partial charge in [0.05, 0.1) is 0 Å². The van der Waals surface area contributed by atoms with Gasteiger partial charge in [0.25, 0.3) is 5.91 Å². The molecule has 0 atom stereocenters. The number of rotatable bonds is 4. The molecular weight excluding hydrogens is 249 g/mol. The Bertz CT molecular complexity index is 433. The van der Waals surface area contributed by atoms with E-state index in [9.17, 15) is 18.0 Å². The molecule has 0 heterocycles. The van der Waals surface area contributed by atoms with Crippen molar-refractivity contribution in [3.63, 3.8) is 0 Å². The Hall–Kier alpha value is -1.92. The minimum atomic E-state index is -4.43. The molecule has 0 unspecified atom stereocenters. The zero-order chi connectivity index (χ0) is 13.8. The van der Waals surface area contributed by atoms with Gasteiger partial charge in [-0.2, -0.15) is 13.2 Å². The lowest BCUT2D eigenvalue weighted by molar-refractivity contribution is -0.139. The second kappa shape index (κ2) is 5.61. The Morgan fingerprint density at radius 1 is 1.44 bits per heavy atom. The van der Waals surface area contributed by atoms with Crippen molar-refractivity contribution in [3.8, 4) is 5.75 Å². The summed E-state index contributed by atoms with van der Waals surface area (Å²) in [7, 11) is 0. The van der Waals surface area contributed by atoms with Crippen LogP contribution in [0.15, 0.2) is 18.2 Å². The van der Waals surface area contributed by atoms with Crippen molar-refractivity contribution in [1.82, 2.24) is 5.32 Å². The SMILES string of the molecule is Cc1ccc(N)cc1OCC(=O)NCC(F)(F)F. The van der Waals surface area contributed by atoms with Crippen LogP contribution in [0.2, 0.25) is 0 Å². The van der Waals surface area contributed by atoms with Crippen molar-refractivity contribution in [2.24, 2.45) is 0 Å². The fourth-order valence-electron chi connectivity index (χ4n) is 1.17. The highest BCUT2D eigenvalue weighted by atomic mass is 19.4. The number of anilines is 1. The first kappa shape index (κ1) is 14.1. The summed E-state index contributed by atoms with van der Waals surface area (Å²) in [5.74, 6) is -0.466. The molecule has 0 aliphatic carbocycles. The number of carbonyl (C=O) groups excluding carboxylic acids is 1. The van der Waals surface area contributed by atoms with Crippen LogP contribution in [-0.2, 0) is 4.79 Å². The van der Waals surface area contributed by atoms with E-state index >= 15 is 0 Å². The molecule has 0 aliphatic rings. The predicted octanol–water partition coefficient (Wildman–Crippen LogP) is 1.63. The third kappa shape index (κ3) is 4.94. The molecule has 0 radical (unpaired) electrons. The third-order valence-electron chi connectivity index (χ3n) is 2.06. The molecule has 0 bridgehead atoms. The van der Waals surface area contributed by atoms with Crippen LogP contribution in [0, 0.1) is 6.92 Å².